The average Bonchev–Trinajstić information content (AvgIpc) is 3.12. The van der Waals surface area contributed by atoms with Gasteiger partial charge in [0.2, 0.25) is 0 Å². The fraction of sp³-hybridized carbons (Fsp3) is 0.429. The number of terminal acetylenes is 1. The molecule has 1 heterocycles. The van der Waals surface area contributed by atoms with E-state index in [2.05, 4.69) is 32.5 Å². The number of alkyl halides is 3. The summed E-state index contributed by atoms with van der Waals surface area (Å²) in [5, 5.41) is 22.8. The lowest BCUT2D eigenvalue weighted by atomic mass is 9.75. The molecule has 11 heteroatoms. The van der Waals surface area contributed by atoms with E-state index in [1.54, 1.807) is 12.8 Å². The molecule has 0 aromatic heterocycles. The normalized spacial score (nSPS) is 25.3. The molecule has 1 N–H and O–H groups in total. The lowest BCUT2D eigenvalue weighted by Crippen LogP contribution is -2.64. The van der Waals surface area contributed by atoms with Gasteiger partial charge in [-0.25, -0.2) is 8.78 Å². The molecule has 0 spiro atoms. The van der Waals surface area contributed by atoms with Crippen LogP contribution in [0.5, 0.6) is 0 Å². The smallest absolute Gasteiger partial charge is 0.328 e. The molecule has 0 saturated heterocycles. The van der Waals surface area contributed by atoms with Crippen molar-refractivity contribution in [1.29, 1.82) is 0 Å². The molecule has 5 unspecified atom stereocenters. The number of aliphatic imine (C=N–C) groups is 1. The number of rotatable bonds is 8. The highest BCUT2D eigenvalue weighted by atomic mass is 19.3. The summed E-state index contributed by atoms with van der Waals surface area (Å²) in [7, 11) is 0. The largest absolute Gasteiger partial charge is 0.380 e. The maximum absolute atomic E-state index is 15.9. The van der Waals surface area contributed by atoms with Crippen molar-refractivity contribution < 1.29 is 27.4 Å². The summed E-state index contributed by atoms with van der Waals surface area (Å²) in [4.78, 5) is 3.60. The zero-order valence-electron chi connectivity index (χ0n) is 21.7. The number of hydrogen-bond acceptors (Lipinski definition) is 7. The summed E-state index contributed by atoms with van der Waals surface area (Å²) < 4.78 is 66.0. The van der Waals surface area contributed by atoms with Gasteiger partial charge in [-0.15, -0.1) is 11.5 Å². The van der Waals surface area contributed by atoms with Crippen LogP contribution in [-0.2, 0) is 4.74 Å². The van der Waals surface area contributed by atoms with E-state index in [0.717, 1.165) is 22.7 Å². The van der Waals surface area contributed by atoms with Crippen molar-refractivity contribution in [3.8, 4) is 24.3 Å². The third kappa shape index (κ3) is 7.20. The van der Waals surface area contributed by atoms with Crippen molar-refractivity contribution in [3.63, 3.8) is 0 Å². The standard InChI is InChI=1S/C28H29F4N5O2/c1-5-26(33-14-13-20(4)21-7-6-8-23(11-9-21)39-19(2)3)28(31,32)27(38,18-37-16-15-34-35-36-37)24-12-10-22(29)17-25(24)30/h1,6-12,15,17,19-20,23-25,38H,16,18H2,2-4H3. The summed E-state index contributed by atoms with van der Waals surface area (Å²) in [5.41, 5.74) is -3.63. The third-order valence-corrected chi connectivity index (χ3v) is 6.12. The second kappa shape index (κ2) is 12.8. The van der Waals surface area contributed by atoms with Gasteiger partial charge in [0.05, 0.1) is 31.5 Å². The Labute approximate surface area is 225 Å². The van der Waals surface area contributed by atoms with Crippen LogP contribution < -0.4 is 0 Å². The Kier molecular flexibility index (Phi) is 9.79. The highest BCUT2D eigenvalue weighted by Gasteiger charge is 2.62. The van der Waals surface area contributed by atoms with Crippen molar-refractivity contribution in [3.05, 3.63) is 60.0 Å². The van der Waals surface area contributed by atoms with Crippen molar-refractivity contribution in [1.82, 2.24) is 5.01 Å². The molecule has 0 bridgehead atoms. The van der Waals surface area contributed by atoms with Crippen LogP contribution in [0, 0.1) is 36.1 Å². The van der Waals surface area contributed by atoms with E-state index in [-0.39, 0.29) is 18.8 Å². The Morgan fingerprint density at radius 2 is 2.05 bits per heavy atom. The molecule has 0 amide bonds. The molecular weight excluding hydrogens is 514 g/mol. The molecule has 1 aliphatic heterocycles. The molecular formula is C28H29F4N5O2. The molecule has 7 nitrogen and oxygen atoms in total. The van der Waals surface area contributed by atoms with Gasteiger partial charge in [0, 0.05) is 17.9 Å². The number of hydrogen-bond donors (Lipinski definition) is 1. The molecule has 3 rings (SSSR count). The van der Waals surface area contributed by atoms with E-state index >= 15 is 8.78 Å². The molecule has 5 atom stereocenters. The second-order valence-corrected chi connectivity index (χ2v) is 9.35. The van der Waals surface area contributed by atoms with Crippen LogP contribution in [0.1, 0.15) is 20.8 Å². The van der Waals surface area contributed by atoms with Crippen LogP contribution in [0.2, 0.25) is 0 Å². The number of β-amino-alcohol motifs (C(OH)–C–C–N with tert-alkyl or cyclic N) is 1. The molecule has 0 radical (unpaired) electrons. The fourth-order valence-electron chi connectivity index (χ4n) is 4.07. The summed E-state index contributed by atoms with van der Waals surface area (Å²) in [6, 6.07) is 2.31. The van der Waals surface area contributed by atoms with Gasteiger partial charge in [-0.2, -0.15) is 13.8 Å². The summed E-state index contributed by atoms with van der Waals surface area (Å²) in [5.74, 6) is -3.03. The van der Waals surface area contributed by atoms with E-state index in [9.17, 15) is 13.9 Å². The van der Waals surface area contributed by atoms with Gasteiger partial charge in [-0.1, -0.05) is 47.6 Å². The van der Waals surface area contributed by atoms with E-state index in [0.29, 0.717) is 6.08 Å². The quantitative estimate of drug-likeness (QED) is 0.268. The number of nitrogens with zero attached hydrogens (tertiary/aromatic N) is 5. The van der Waals surface area contributed by atoms with Crippen molar-refractivity contribution in [2.75, 3.05) is 13.1 Å². The predicted molar refractivity (Wildman–Crippen MR) is 141 cm³/mol. The predicted octanol–water partition coefficient (Wildman–Crippen LogP) is 4.92. The molecule has 0 aromatic carbocycles. The Bertz CT molecular complexity index is 1260. The van der Waals surface area contributed by atoms with Gasteiger partial charge in [-0.3, -0.25) is 5.01 Å². The minimum Gasteiger partial charge on any atom is -0.380 e. The van der Waals surface area contributed by atoms with Crippen molar-refractivity contribution in [2.45, 2.75) is 50.7 Å². The van der Waals surface area contributed by atoms with Gasteiger partial charge in [-0.05, 0) is 49.6 Å². The third-order valence-electron chi connectivity index (χ3n) is 6.12. The maximum atomic E-state index is 15.9. The Hall–Kier alpha value is -3.80. The van der Waals surface area contributed by atoms with Crippen molar-refractivity contribution in [2.24, 2.45) is 32.4 Å². The number of halogens is 4. The fourth-order valence-corrected chi connectivity index (χ4v) is 4.07. The molecule has 206 valence electrons. The van der Waals surface area contributed by atoms with Crippen LogP contribution >= 0.6 is 0 Å². The zero-order chi connectivity index (χ0) is 28.6. The Morgan fingerprint density at radius 1 is 1.28 bits per heavy atom. The first-order valence-electron chi connectivity index (χ1n) is 12.2. The maximum Gasteiger partial charge on any atom is 0.328 e. The van der Waals surface area contributed by atoms with Gasteiger partial charge in [0.1, 0.15) is 12.0 Å². The van der Waals surface area contributed by atoms with E-state index in [1.807, 2.05) is 44.2 Å². The zero-order valence-corrected chi connectivity index (χ0v) is 21.7. The van der Waals surface area contributed by atoms with Gasteiger partial charge in [0.15, 0.2) is 11.3 Å². The topological polar surface area (TPSA) is 82.1 Å². The first kappa shape index (κ1) is 29.8. The highest BCUT2D eigenvalue weighted by Crippen LogP contribution is 2.42. The summed E-state index contributed by atoms with van der Waals surface area (Å²) in [6.07, 6.45) is 15.5. The number of ether oxygens (including phenoxy) is 1. The molecule has 0 saturated carbocycles. The first-order valence-corrected chi connectivity index (χ1v) is 12.2. The van der Waals surface area contributed by atoms with Gasteiger partial charge in [0.25, 0.3) is 0 Å². The SMILES string of the molecule is C#CC(=NC#CC(C)C1=CC=CC(OC(C)C)C=C1)C(F)(F)C(O)(CN1CC=NN=N1)C1C=CC(F)=CC1F. The molecule has 39 heavy (non-hydrogen) atoms. The molecule has 0 aromatic rings. The second-order valence-electron chi connectivity index (χ2n) is 9.35. The summed E-state index contributed by atoms with van der Waals surface area (Å²) in [6.45, 7) is 4.61. The monoisotopic (exact) mass is 543 g/mol. The van der Waals surface area contributed by atoms with Crippen LogP contribution in [0.4, 0.5) is 17.6 Å². The van der Waals surface area contributed by atoms with Gasteiger partial charge >= 0.3 is 5.92 Å². The number of aliphatic hydroxyl groups is 1. The lowest BCUT2D eigenvalue weighted by molar-refractivity contribution is -0.177. The molecule has 0 fully saturated rings. The van der Waals surface area contributed by atoms with E-state index in [4.69, 9.17) is 11.2 Å². The van der Waals surface area contributed by atoms with Crippen LogP contribution in [0.15, 0.2) is 80.5 Å². The minimum absolute atomic E-state index is 0.0258. The average molecular weight is 544 g/mol. The van der Waals surface area contributed by atoms with Gasteiger partial charge < -0.3 is 9.84 Å². The lowest BCUT2D eigenvalue weighted by Gasteiger charge is -2.43. The van der Waals surface area contributed by atoms with Crippen molar-refractivity contribution >= 4 is 11.9 Å². The van der Waals surface area contributed by atoms with E-state index < -0.39 is 47.6 Å². The van der Waals surface area contributed by atoms with Crippen LogP contribution in [0.25, 0.3) is 0 Å². The van der Waals surface area contributed by atoms with E-state index in [1.165, 1.54) is 6.21 Å². The van der Waals surface area contributed by atoms with Crippen LogP contribution in [0.3, 0.4) is 0 Å². The molecule has 3 aliphatic rings. The Balaban J connectivity index is 1.89. The highest BCUT2D eigenvalue weighted by molar-refractivity contribution is 6.06. The minimum atomic E-state index is -4.30. The number of allylic oxidation sites excluding steroid dienone is 7. The van der Waals surface area contributed by atoms with Crippen LogP contribution in [-0.4, -0.2) is 65.0 Å². The summed E-state index contributed by atoms with van der Waals surface area (Å²) >= 11 is 0. The Morgan fingerprint density at radius 3 is 2.69 bits per heavy atom. The molecule has 2 aliphatic carbocycles. The first-order chi connectivity index (χ1) is 18.5.